The molecule has 0 saturated carbocycles. The molecule has 24 heavy (non-hydrogen) atoms. The Labute approximate surface area is 144 Å². The Morgan fingerprint density at radius 2 is 1.79 bits per heavy atom. The van der Waals surface area contributed by atoms with Gasteiger partial charge >= 0.3 is 0 Å². The zero-order chi connectivity index (χ0) is 16.9. The lowest BCUT2D eigenvalue weighted by atomic mass is 10.1. The Morgan fingerprint density at radius 1 is 1.08 bits per heavy atom. The number of hydrogen-bond acceptors (Lipinski definition) is 5. The van der Waals surface area contributed by atoms with Crippen LogP contribution >= 0.6 is 11.3 Å². The second-order valence-electron chi connectivity index (χ2n) is 5.25. The minimum Gasteiger partial charge on any atom is -0.497 e. The number of benzene rings is 2. The van der Waals surface area contributed by atoms with Gasteiger partial charge in [0.2, 0.25) is 5.01 Å². The summed E-state index contributed by atoms with van der Waals surface area (Å²) in [5.41, 5.74) is 1.95. The van der Waals surface area contributed by atoms with E-state index in [2.05, 4.69) is 15.5 Å². The molecule has 1 aromatic heterocycles. The summed E-state index contributed by atoms with van der Waals surface area (Å²) >= 11 is 1.27. The molecular formula is C18H17N3O2S. The lowest BCUT2D eigenvalue weighted by Crippen LogP contribution is -2.26. The number of hydrogen-bond donors (Lipinski definition) is 1. The average Bonchev–Trinajstić information content (AvgIpc) is 3.13. The van der Waals surface area contributed by atoms with Crippen LogP contribution < -0.4 is 10.1 Å². The van der Waals surface area contributed by atoms with Gasteiger partial charge in [-0.25, -0.2) is 0 Å². The molecule has 0 aliphatic rings. The predicted molar refractivity (Wildman–Crippen MR) is 94.2 cm³/mol. The van der Waals surface area contributed by atoms with Crippen LogP contribution in [0.2, 0.25) is 0 Å². The molecule has 0 saturated heterocycles. The van der Waals surface area contributed by atoms with Crippen molar-refractivity contribution >= 4 is 17.2 Å². The number of amides is 1. The molecule has 1 amide bonds. The zero-order valence-corrected chi connectivity index (χ0v) is 14.2. The molecular weight excluding hydrogens is 322 g/mol. The predicted octanol–water partition coefficient (Wildman–Crippen LogP) is 3.70. The third-order valence-electron chi connectivity index (χ3n) is 3.60. The SMILES string of the molecule is COc1ccc(-c2nnc(C(=O)N[C@@H](C)c3ccccc3)s2)cc1. The minimum atomic E-state index is -0.219. The molecule has 6 heteroatoms. The van der Waals surface area contributed by atoms with Crippen LogP contribution in [0, 0.1) is 0 Å². The van der Waals surface area contributed by atoms with E-state index < -0.39 is 0 Å². The second-order valence-corrected chi connectivity index (χ2v) is 6.22. The highest BCUT2D eigenvalue weighted by atomic mass is 32.1. The van der Waals surface area contributed by atoms with Crippen molar-refractivity contribution in [2.75, 3.05) is 7.11 Å². The standard InChI is InChI=1S/C18H17N3O2S/c1-12(13-6-4-3-5-7-13)19-16(22)18-21-20-17(24-18)14-8-10-15(23-2)11-9-14/h3-12H,1-2H3,(H,19,22)/t12-/m0/s1. The Kier molecular flexibility index (Phi) is 4.86. The van der Waals surface area contributed by atoms with Crippen molar-refractivity contribution in [2.45, 2.75) is 13.0 Å². The van der Waals surface area contributed by atoms with Gasteiger partial charge in [0, 0.05) is 5.56 Å². The maximum atomic E-state index is 12.4. The molecule has 1 atom stereocenters. The van der Waals surface area contributed by atoms with Crippen LogP contribution in [0.1, 0.15) is 28.3 Å². The molecule has 2 aromatic carbocycles. The van der Waals surface area contributed by atoms with E-state index >= 15 is 0 Å². The Balaban J connectivity index is 1.71. The third-order valence-corrected chi connectivity index (χ3v) is 4.57. The van der Waals surface area contributed by atoms with E-state index in [9.17, 15) is 4.79 Å². The summed E-state index contributed by atoms with van der Waals surface area (Å²) in [6, 6.07) is 17.2. The maximum absolute atomic E-state index is 12.4. The molecule has 3 rings (SSSR count). The lowest BCUT2D eigenvalue weighted by Gasteiger charge is -2.12. The van der Waals surface area contributed by atoms with Crippen molar-refractivity contribution < 1.29 is 9.53 Å². The van der Waals surface area contributed by atoms with Crippen molar-refractivity contribution in [2.24, 2.45) is 0 Å². The fourth-order valence-electron chi connectivity index (χ4n) is 2.25. The molecule has 0 fully saturated rings. The van der Waals surface area contributed by atoms with Crippen molar-refractivity contribution in [3.8, 4) is 16.3 Å². The summed E-state index contributed by atoms with van der Waals surface area (Å²) in [7, 11) is 1.62. The van der Waals surface area contributed by atoms with Gasteiger partial charge in [-0.05, 0) is 36.8 Å². The zero-order valence-electron chi connectivity index (χ0n) is 13.4. The smallest absolute Gasteiger partial charge is 0.282 e. The number of methoxy groups -OCH3 is 1. The highest BCUT2D eigenvalue weighted by Gasteiger charge is 2.16. The summed E-state index contributed by atoms with van der Waals surface area (Å²) in [6.45, 7) is 1.94. The van der Waals surface area contributed by atoms with Crippen LogP contribution in [-0.2, 0) is 0 Å². The average molecular weight is 339 g/mol. The fraction of sp³-hybridized carbons (Fsp3) is 0.167. The number of carbonyl (C=O) groups excluding carboxylic acids is 1. The van der Waals surface area contributed by atoms with Gasteiger partial charge in [-0.3, -0.25) is 4.79 Å². The molecule has 0 radical (unpaired) electrons. The topological polar surface area (TPSA) is 64.1 Å². The van der Waals surface area contributed by atoms with Gasteiger partial charge in [0.15, 0.2) is 0 Å². The van der Waals surface area contributed by atoms with Crippen LogP contribution in [0.25, 0.3) is 10.6 Å². The summed E-state index contributed by atoms with van der Waals surface area (Å²) in [5, 5.41) is 12.1. The van der Waals surface area contributed by atoms with E-state index in [0.717, 1.165) is 16.9 Å². The maximum Gasteiger partial charge on any atom is 0.282 e. The van der Waals surface area contributed by atoms with Gasteiger partial charge < -0.3 is 10.1 Å². The molecule has 0 aliphatic heterocycles. The normalized spacial score (nSPS) is 11.8. The van der Waals surface area contributed by atoms with Gasteiger partial charge in [0.1, 0.15) is 10.8 Å². The first-order chi connectivity index (χ1) is 11.7. The number of aromatic nitrogens is 2. The molecule has 0 aliphatic carbocycles. The van der Waals surface area contributed by atoms with E-state index in [0.29, 0.717) is 10.0 Å². The highest BCUT2D eigenvalue weighted by Crippen LogP contribution is 2.25. The van der Waals surface area contributed by atoms with Crippen molar-refractivity contribution in [1.29, 1.82) is 0 Å². The lowest BCUT2D eigenvalue weighted by molar-refractivity contribution is 0.0939. The number of nitrogens with zero attached hydrogens (tertiary/aromatic N) is 2. The van der Waals surface area contributed by atoms with Gasteiger partial charge in [0.05, 0.1) is 13.2 Å². The van der Waals surface area contributed by atoms with Crippen molar-refractivity contribution in [3.63, 3.8) is 0 Å². The Morgan fingerprint density at radius 3 is 2.46 bits per heavy atom. The molecule has 3 aromatic rings. The summed E-state index contributed by atoms with van der Waals surface area (Å²) in [6.07, 6.45) is 0. The third kappa shape index (κ3) is 3.60. The van der Waals surface area contributed by atoms with Crippen LogP contribution in [0.5, 0.6) is 5.75 Å². The van der Waals surface area contributed by atoms with Crippen molar-refractivity contribution in [3.05, 3.63) is 65.2 Å². The first-order valence-corrected chi connectivity index (χ1v) is 8.33. The van der Waals surface area contributed by atoms with Crippen molar-refractivity contribution in [1.82, 2.24) is 15.5 Å². The quantitative estimate of drug-likeness (QED) is 0.770. The monoisotopic (exact) mass is 339 g/mol. The van der Waals surface area contributed by atoms with Gasteiger partial charge in [-0.1, -0.05) is 41.7 Å². The van der Waals surface area contributed by atoms with E-state index in [1.54, 1.807) is 7.11 Å². The number of carbonyl (C=O) groups is 1. The van der Waals surface area contributed by atoms with Crippen LogP contribution in [0.15, 0.2) is 54.6 Å². The van der Waals surface area contributed by atoms with Crippen LogP contribution in [0.4, 0.5) is 0 Å². The van der Waals surface area contributed by atoms with E-state index in [1.165, 1.54) is 11.3 Å². The number of rotatable bonds is 5. The highest BCUT2D eigenvalue weighted by molar-refractivity contribution is 7.16. The van der Waals surface area contributed by atoms with Gasteiger partial charge in [-0.15, -0.1) is 10.2 Å². The second kappa shape index (κ2) is 7.23. The summed E-state index contributed by atoms with van der Waals surface area (Å²) in [4.78, 5) is 12.4. The molecule has 122 valence electrons. The molecule has 0 spiro atoms. The first-order valence-electron chi connectivity index (χ1n) is 7.51. The molecule has 0 unspecified atom stereocenters. The summed E-state index contributed by atoms with van der Waals surface area (Å²) in [5.74, 6) is 0.557. The van der Waals surface area contributed by atoms with E-state index in [-0.39, 0.29) is 11.9 Å². The van der Waals surface area contributed by atoms with Gasteiger partial charge in [0.25, 0.3) is 5.91 Å². The minimum absolute atomic E-state index is 0.0907. The molecule has 5 nitrogen and oxygen atoms in total. The van der Waals surface area contributed by atoms with Crippen LogP contribution in [0.3, 0.4) is 0 Å². The summed E-state index contributed by atoms with van der Waals surface area (Å²) < 4.78 is 5.14. The molecule has 1 N–H and O–H groups in total. The number of nitrogens with one attached hydrogen (secondary N) is 1. The first kappa shape index (κ1) is 16.1. The van der Waals surface area contributed by atoms with E-state index in [4.69, 9.17) is 4.74 Å². The van der Waals surface area contributed by atoms with E-state index in [1.807, 2.05) is 61.5 Å². The fourth-order valence-corrected chi connectivity index (χ4v) is 3.00. The molecule has 1 heterocycles. The Hall–Kier alpha value is -2.73. The number of ether oxygens (including phenoxy) is 1. The van der Waals surface area contributed by atoms with Crippen LogP contribution in [-0.4, -0.2) is 23.2 Å². The Bertz CT molecular complexity index is 816. The van der Waals surface area contributed by atoms with Gasteiger partial charge in [-0.2, -0.15) is 0 Å². The largest absolute Gasteiger partial charge is 0.497 e. The molecule has 0 bridgehead atoms.